The predicted molar refractivity (Wildman–Crippen MR) is 99.6 cm³/mol. The molecule has 0 N–H and O–H groups in total. The molecule has 0 spiro atoms. The highest BCUT2D eigenvalue weighted by molar-refractivity contribution is 7.17. The number of aryl methyl sites for hydroxylation is 1. The van der Waals surface area contributed by atoms with Crippen LogP contribution in [0, 0.1) is 5.82 Å². The molecule has 0 amide bonds. The maximum Gasteiger partial charge on any atom is 0.306 e. The van der Waals surface area contributed by atoms with Gasteiger partial charge in [0.25, 0.3) is 0 Å². The van der Waals surface area contributed by atoms with Gasteiger partial charge >= 0.3 is 5.97 Å². The number of esters is 1. The molecule has 0 saturated carbocycles. The van der Waals surface area contributed by atoms with Crippen LogP contribution in [0.5, 0.6) is 0 Å². The molecule has 2 aromatic heterocycles. The van der Waals surface area contributed by atoms with E-state index >= 15 is 0 Å². The highest BCUT2D eigenvalue weighted by Gasteiger charge is 2.12. The first-order chi connectivity index (χ1) is 13.2. The molecule has 7 heteroatoms. The van der Waals surface area contributed by atoms with Gasteiger partial charge < -0.3 is 9.26 Å². The molecular formula is C20H15FN2O3S. The number of aromatic nitrogens is 2. The molecule has 0 atom stereocenters. The average Bonchev–Trinajstić information content (AvgIpc) is 3.32. The number of fused-ring (bicyclic) bond motifs is 1. The van der Waals surface area contributed by atoms with E-state index < -0.39 is 0 Å². The van der Waals surface area contributed by atoms with Crippen LogP contribution in [0.4, 0.5) is 4.39 Å². The molecule has 2 heterocycles. The Balaban J connectivity index is 1.31. The number of thiophene rings is 1. The van der Waals surface area contributed by atoms with Crippen molar-refractivity contribution in [2.45, 2.75) is 19.4 Å². The minimum Gasteiger partial charge on any atom is -0.461 e. The number of benzene rings is 2. The molecule has 0 bridgehead atoms. The Labute approximate surface area is 158 Å². The quantitative estimate of drug-likeness (QED) is 0.450. The van der Waals surface area contributed by atoms with E-state index in [0.717, 1.165) is 10.9 Å². The molecule has 4 rings (SSSR count). The van der Waals surface area contributed by atoms with Crippen LogP contribution in [-0.4, -0.2) is 16.1 Å². The van der Waals surface area contributed by atoms with Gasteiger partial charge in [0.1, 0.15) is 12.4 Å². The topological polar surface area (TPSA) is 65.2 Å². The van der Waals surface area contributed by atoms with Gasteiger partial charge in [-0.15, -0.1) is 11.3 Å². The number of rotatable bonds is 6. The van der Waals surface area contributed by atoms with Crippen molar-refractivity contribution in [2.75, 3.05) is 0 Å². The second-order valence-corrected chi connectivity index (χ2v) is 6.85. The summed E-state index contributed by atoms with van der Waals surface area (Å²) in [6, 6.07) is 13.8. The molecule has 0 fully saturated rings. The van der Waals surface area contributed by atoms with Gasteiger partial charge in [0.15, 0.2) is 0 Å². The molecule has 0 radical (unpaired) electrons. The third-order valence-corrected chi connectivity index (χ3v) is 5.08. The van der Waals surface area contributed by atoms with Crippen LogP contribution >= 0.6 is 11.3 Å². The van der Waals surface area contributed by atoms with Crippen molar-refractivity contribution in [1.29, 1.82) is 0 Å². The number of hydrogen-bond donors (Lipinski definition) is 0. The highest BCUT2D eigenvalue weighted by atomic mass is 32.1. The Kier molecular flexibility index (Phi) is 4.93. The molecule has 0 aliphatic heterocycles. The van der Waals surface area contributed by atoms with Crippen LogP contribution in [-0.2, 0) is 22.6 Å². The van der Waals surface area contributed by atoms with Gasteiger partial charge in [-0.1, -0.05) is 23.4 Å². The third kappa shape index (κ3) is 4.03. The molecule has 2 aromatic carbocycles. The standard InChI is InChI=1S/C20H15FN2O3S/c21-15-7-5-13(6-8-15)20-22-18(26-23-20)9-10-19(24)25-11-14-12-27-17-4-2-1-3-16(14)17/h1-8,12H,9-11H2. The van der Waals surface area contributed by atoms with E-state index in [0.29, 0.717) is 17.3 Å². The lowest BCUT2D eigenvalue weighted by molar-refractivity contribution is -0.144. The monoisotopic (exact) mass is 382 g/mol. The van der Waals surface area contributed by atoms with Crippen molar-refractivity contribution < 1.29 is 18.4 Å². The summed E-state index contributed by atoms with van der Waals surface area (Å²) in [6.45, 7) is 0.244. The summed E-state index contributed by atoms with van der Waals surface area (Å²) in [7, 11) is 0. The molecule has 136 valence electrons. The molecule has 0 aliphatic carbocycles. The summed E-state index contributed by atoms with van der Waals surface area (Å²) >= 11 is 1.63. The van der Waals surface area contributed by atoms with Gasteiger partial charge in [-0.25, -0.2) is 4.39 Å². The fourth-order valence-corrected chi connectivity index (χ4v) is 3.60. The van der Waals surface area contributed by atoms with E-state index in [2.05, 4.69) is 10.1 Å². The zero-order chi connectivity index (χ0) is 18.6. The van der Waals surface area contributed by atoms with E-state index in [1.807, 2.05) is 29.6 Å². The number of ether oxygens (including phenoxy) is 1. The Hall–Kier alpha value is -3.06. The number of carbonyl (C=O) groups is 1. The van der Waals surface area contributed by atoms with Crippen LogP contribution in [0.25, 0.3) is 21.5 Å². The first kappa shape index (κ1) is 17.4. The summed E-state index contributed by atoms with van der Waals surface area (Å²) in [5, 5.41) is 6.97. The SMILES string of the molecule is O=C(CCc1nc(-c2ccc(F)cc2)no1)OCc1csc2ccccc12. The van der Waals surface area contributed by atoms with Gasteiger partial charge in [-0.05, 0) is 41.1 Å². The van der Waals surface area contributed by atoms with Crippen LogP contribution in [0.3, 0.4) is 0 Å². The van der Waals surface area contributed by atoms with E-state index in [1.165, 1.54) is 16.8 Å². The summed E-state index contributed by atoms with van der Waals surface area (Å²) < 4.78 is 24.6. The third-order valence-electron chi connectivity index (χ3n) is 4.06. The fraction of sp³-hybridized carbons (Fsp3) is 0.150. The van der Waals surface area contributed by atoms with Gasteiger partial charge in [-0.3, -0.25) is 4.79 Å². The van der Waals surface area contributed by atoms with Crippen molar-refractivity contribution >= 4 is 27.4 Å². The minimum atomic E-state index is -0.330. The van der Waals surface area contributed by atoms with Gasteiger partial charge in [-0.2, -0.15) is 4.98 Å². The van der Waals surface area contributed by atoms with Crippen molar-refractivity contribution in [3.8, 4) is 11.4 Å². The second kappa shape index (κ2) is 7.67. The lowest BCUT2D eigenvalue weighted by atomic mass is 10.2. The predicted octanol–water partition coefficient (Wildman–Crippen LogP) is 4.77. The highest BCUT2D eigenvalue weighted by Crippen LogP contribution is 2.26. The van der Waals surface area contributed by atoms with E-state index in [4.69, 9.17) is 9.26 Å². The van der Waals surface area contributed by atoms with E-state index in [1.54, 1.807) is 23.5 Å². The molecule has 0 unspecified atom stereocenters. The molecule has 0 saturated heterocycles. The number of nitrogens with zero attached hydrogens (tertiary/aromatic N) is 2. The first-order valence-electron chi connectivity index (χ1n) is 8.38. The lowest BCUT2D eigenvalue weighted by Gasteiger charge is -2.03. The summed E-state index contributed by atoms with van der Waals surface area (Å²) in [4.78, 5) is 16.2. The summed E-state index contributed by atoms with van der Waals surface area (Å²) in [5.41, 5.74) is 1.65. The average molecular weight is 382 g/mol. The van der Waals surface area contributed by atoms with Crippen LogP contribution in [0.1, 0.15) is 17.9 Å². The molecule has 27 heavy (non-hydrogen) atoms. The number of halogens is 1. The molecular weight excluding hydrogens is 367 g/mol. The Morgan fingerprint density at radius 2 is 1.96 bits per heavy atom. The smallest absolute Gasteiger partial charge is 0.306 e. The zero-order valence-electron chi connectivity index (χ0n) is 14.2. The van der Waals surface area contributed by atoms with Crippen LogP contribution in [0.2, 0.25) is 0 Å². The second-order valence-electron chi connectivity index (χ2n) is 5.94. The maximum absolute atomic E-state index is 13.0. The molecule has 0 aliphatic rings. The Morgan fingerprint density at radius 1 is 1.15 bits per heavy atom. The fourth-order valence-electron chi connectivity index (χ4n) is 2.66. The Bertz CT molecular complexity index is 1070. The first-order valence-corrected chi connectivity index (χ1v) is 9.26. The van der Waals surface area contributed by atoms with Crippen molar-refractivity contribution in [2.24, 2.45) is 0 Å². The van der Waals surface area contributed by atoms with Gasteiger partial charge in [0.05, 0.1) is 6.42 Å². The van der Waals surface area contributed by atoms with E-state index in [9.17, 15) is 9.18 Å². The van der Waals surface area contributed by atoms with E-state index in [-0.39, 0.29) is 31.2 Å². The zero-order valence-corrected chi connectivity index (χ0v) is 15.0. The normalized spacial score (nSPS) is 11.0. The molecule has 5 nitrogen and oxygen atoms in total. The molecule has 4 aromatic rings. The van der Waals surface area contributed by atoms with Crippen LogP contribution < -0.4 is 0 Å². The lowest BCUT2D eigenvalue weighted by Crippen LogP contribution is -2.05. The van der Waals surface area contributed by atoms with Crippen LogP contribution in [0.15, 0.2) is 58.4 Å². The van der Waals surface area contributed by atoms with Crippen molar-refractivity contribution in [3.63, 3.8) is 0 Å². The number of carbonyl (C=O) groups excluding carboxylic acids is 1. The maximum atomic E-state index is 13.0. The van der Waals surface area contributed by atoms with Gasteiger partial charge in [0.2, 0.25) is 11.7 Å². The number of hydrogen-bond acceptors (Lipinski definition) is 6. The largest absolute Gasteiger partial charge is 0.461 e. The van der Waals surface area contributed by atoms with Crippen molar-refractivity contribution in [3.05, 3.63) is 71.2 Å². The Morgan fingerprint density at radius 3 is 2.81 bits per heavy atom. The summed E-state index contributed by atoms with van der Waals surface area (Å²) in [5.74, 6) is 0.0470. The van der Waals surface area contributed by atoms with Crippen molar-refractivity contribution in [1.82, 2.24) is 10.1 Å². The van der Waals surface area contributed by atoms with Gasteiger partial charge in [0, 0.05) is 22.2 Å². The minimum absolute atomic E-state index is 0.146. The summed E-state index contributed by atoms with van der Waals surface area (Å²) in [6.07, 6.45) is 0.435.